The maximum atomic E-state index is 11.6. The van der Waals surface area contributed by atoms with E-state index in [4.69, 9.17) is 9.94 Å². The Bertz CT molecular complexity index is 1150. The van der Waals surface area contributed by atoms with Crippen LogP contribution in [0.4, 0.5) is 0 Å². The van der Waals surface area contributed by atoms with E-state index in [0.717, 1.165) is 68.9 Å². The molecule has 2 aromatic carbocycles. The molecule has 4 rings (SSSR count). The monoisotopic (exact) mass is 473 g/mol. The number of fused-ring (bicyclic) bond motifs is 1. The topological polar surface area (TPSA) is 66.7 Å². The second-order valence-corrected chi connectivity index (χ2v) is 8.95. The molecule has 3 aromatic rings. The lowest BCUT2D eigenvalue weighted by Gasteiger charge is -2.20. The van der Waals surface area contributed by atoms with Crippen LogP contribution in [0.3, 0.4) is 0 Å². The normalized spacial score (nSPS) is 15.6. The highest BCUT2D eigenvalue weighted by molar-refractivity contribution is 5.94. The molecule has 0 spiro atoms. The fourth-order valence-electron chi connectivity index (χ4n) is 4.75. The van der Waals surface area contributed by atoms with Crippen molar-refractivity contribution in [2.75, 3.05) is 32.8 Å². The van der Waals surface area contributed by atoms with Gasteiger partial charge in [-0.2, -0.15) is 0 Å². The Kier molecular flexibility index (Phi) is 8.90. The molecule has 0 aliphatic carbocycles. The van der Waals surface area contributed by atoms with Gasteiger partial charge >= 0.3 is 0 Å². The highest BCUT2D eigenvalue weighted by Gasteiger charge is 2.14. The van der Waals surface area contributed by atoms with Gasteiger partial charge in [-0.3, -0.25) is 10.0 Å². The molecule has 1 aliphatic heterocycles. The average molecular weight is 474 g/mol. The first-order chi connectivity index (χ1) is 17.2. The molecule has 0 unspecified atom stereocenters. The zero-order chi connectivity index (χ0) is 24.5. The number of hydrogen-bond acceptors (Lipinski definition) is 4. The molecule has 1 aromatic heterocycles. The van der Waals surface area contributed by atoms with Crippen LogP contribution in [-0.2, 0) is 11.3 Å². The number of carbonyl (C=O) groups excluding carboxylic acids is 1. The molecule has 1 fully saturated rings. The van der Waals surface area contributed by atoms with Crippen LogP contribution >= 0.6 is 0 Å². The summed E-state index contributed by atoms with van der Waals surface area (Å²) >= 11 is 0. The molecule has 6 nitrogen and oxygen atoms in total. The third kappa shape index (κ3) is 6.28. The van der Waals surface area contributed by atoms with Gasteiger partial charge in [-0.25, -0.2) is 5.48 Å². The number of nitrogens with one attached hydrogen (secondary N) is 1. The first kappa shape index (κ1) is 24.9. The fourth-order valence-corrected chi connectivity index (χ4v) is 4.75. The summed E-state index contributed by atoms with van der Waals surface area (Å²) in [5.74, 6) is -0.512. The van der Waals surface area contributed by atoms with Gasteiger partial charge in [0.05, 0.1) is 0 Å². The van der Waals surface area contributed by atoms with Gasteiger partial charge in [0.15, 0.2) is 0 Å². The van der Waals surface area contributed by atoms with E-state index in [0.29, 0.717) is 12.1 Å². The summed E-state index contributed by atoms with van der Waals surface area (Å²) in [7, 11) is 0. The molecule has 2 N–H and O–H groups in total. The molecule has 1 saturated heterocycles. The van der Waals surface area contributed by atoms with Crippen molar-refractivity contribution in [3.8, 4) is 0 Å². The van der Waals surface area contributed by atoms with Gasteiger partial charge in [0.25, 0.3) is 5.91 Å². The molecule has 0 saturated carbocycles. The number of rotatable bonds is 8. The average Bonchev–Trinajstić information content (AvgIpc) is 3.26. The lowest BCUT2D eigenvalue weighted by Crippen LogP contribution is -2.27. The van der Waals surface area contributed by atoms with Crippen LogP contribution in [0.1, 0.15) is 52.9 Å². The van der Waals surface area contributed by atoms with Gasteiger partial charge in [-0.05, 0) is 62.1 Å². The number of aromatic nitrogens is 1. The standard InChI is InChI=1S/C29H35N3O3/c1-2-27-25(11-5-6-17-31-18-7-8-20-35-21-9-19-31)26-10-3-4-12-28(26)32(27)22-23-13-15-24(16-14-23)29(33)30-34/h2-5,10-16,34H,1,6-9,17-22H2,(H,30,33)/b11-5+. The molecule has 0 bridgehead atoms. The Morgan fingerprint density at radius 3 is 2.63 bits per heavy atom. The quantitative estimate of drug-likeness (QED) is 0.342. The minimum atomic E-state index is -0.512. The first-order valence-electron chi connectivity index (χ1n) is 12.4. The van der Waals surface area contributed by atoms with Crippen molar-refractivity contribution >= 4 is 29.0 Å². The molecule has 35 heavy (non-hydrogen) atoms. The Hall–Kier alpha value is -3.19. The predicted molar refractivity (Wildman–Crippen MR) is 142 cm³/mol. The van der Waals surface area contributed by atoms with Crippen molar-refractivity contribution < 1.29 is 14.7 Å². The molecule has 184 valence electrons. The largest absolute Gasteiger partial charge is 0.381 e. The third-order valence-corrected chi connectivity index (χ3v) is 6.58. The van der Waals surface area contributed by atoms with E-state index >= 15 is 0 Å². The van der Waals surface area contributed by atoms with Crippen molar-refractivity contribution in [1.82, 2.24) is 14.9 Å². The second-order valence-electron chi connectivity index (χ2n) is 8.95. The Morgan fingerprint density at radius 2 is 1.83 bits per heavy atom. The minimum Gasteiger partial charge on any atom is -0.381 e. The SMILES string of the molecule is C=Cc1c(/C=C/CCN2CCCCOCCC2)c2ccccc2n1Cc1ccc(C(=O)NO)cc1. The van der Waals surface area contributed by atoms with Crippen molar-refractivity contribution in [1.29, 1.82) is 0 Å². The lowest BCUT2D eigenvalue weighted by atomic mass is 10.1. The second kappa shape index (κ2) is 12.5. The van der Waals surface area contributed by atoms with E-state index in [9.17, 15) is 4.79 Å². The molecule has 0 radical (unpaired) electrons. The van der Waals surface area contributed by atoms with Crippen LogP contribution in [0.5, 0.6) is 0 Å². The molecular weight excluding hydrogens is 438 g/mol. The van der Waals surface area contributed by atoms with Crippen molar-refractivity contribution in [2.45, 2.75) is 32.2 Å². The number of hydroxylamine groups is 1. The number of para-hydroxylation sites is 1. The van der Waals surface area contributed by atoms with Crippen LogP contribution in [-0.4, -0.2) is 53.4 Å². The van der Waals surface area contributed by atoms with E-state index in [1.54, 1.807) is 17.6 Å². The summed E-state index contributed by atoms with van der Waals surface area (Å²) < 4.78 is 7.91. The van der Waals surface area contributed by atoms with Gasteiger partial charge in [-0.1, -0.05) is 49.1 Å². The molecular formula is C29H35N3O3. The minimum absolute atomic E-state index is 0.421. The predicted octanol–water partition coefficient (Wildman–Crippen LogP) is 5.36. The van der Waals surface area contributed by atoms with Crippen molar-refractivity contribution in [3.05, 3.63) is 83.6 Å². The van der Waals surface area contributed by atoms with Crippen molar-refractivity contribution in [3.63, 3.8) is 0 Å². The molecule has 6 heteroatoms. The summed E-state index contributed by atoms with van der Waals surface area (Å²) in [6.45, 7) is 9.84. The van der Waals surface area contributed by atoms with E-state index in [1.807, 2.05) is 18.2 Å². The van der Waals surface area contributed by atoms with Gasteiger partial charge in [0.2, 0.25) is 0 Å². The number of carbonyl (C=O) groups is 1. The summed E-state index contributed by atoms with van der Waals surface area (Å²) in [5, 5.41) is 10.1. The van der Waals surface area contributed by atoms with Crippen LogP contribution in [0.15, 0.2) is 61.2 Å². The summed E-state index contributed by atoms with van der Waals surface area (Å²) in [6, 6.07) is 15.7. The molecule has 1 amide bonds. The van der Waals surface area contributed by atoms with Gasteiger partial charge in [0.1, 0.15) is 0 Å². The van der Waals surface area contributed by atoms with E-state index in [-0.39, 0.29) is 0 Å². The van der Waals surface area contributed by atoms with Gasteiger partial charge in [0, 0.05) is 60.6 Å². The maximum absolute atomic E-state index is 11.6. The summed E-state index contributed by atoms with van der Waals surface area (Å²) in [6.07, 6.45) is 10.9. The number of nitrogens with zero attached hydrogens (tertiary/aromatic N) is 2. The van der Waals surface area contributed by atoms with Gasteiger partial charge in [-0.15, -0.1) is 0 Å². The number of hydrogen-bond donors (Lipinski definition) is 2. The first-order valence-corrected chi connectivity index (χ1v) is 12.4. The molecule has 1 aliphatic rings. The zero-order valence-corrected chi connectivity index (χ0v) is 20.3. The number of amides is 1. The highest BCUT2D eigenvalue weighted by Crippen LogP contribution is 2.29. The maximum Gasteiger partial charge on any atom is 0.274 e. The Balaban J connectivity index is 1.52. The summed E-state index contributed by atoms with van der Waals surface area (Å²) in [4.78, 5) is 14.2. The smallest absolute Gasteiger partial charge is 0.274 e. The Morgan fingerprint density at radius 1 is 1.06 bits per heavy atom. The van der Waals surface area contributed by atoms with E-state index in [1.165, 1.54) is 17.4 Å². The zero-order valence-electron chi connectivity index (χ0n) is 20.3. The third-order valence-electron chi connectivity index (χ3n) is 6.58. The highest BCUT2D eigenvalue weighted by atomic mass is 16.5. The van der Waals surface area contributed by atoms with E-state index < -0.39 is 5.91 Å². The molecule has 2 heterocycles. The fraction of sp³-hybridized carbons (Fsp3) is 0.345. The van der Waals surface area contributed by atoms with Crippen LogP contribution < -0.4 is 5.48 Å². The molecule has 0 atom stereocenters. The van der Waals surface area contributed by atoms with Crippen LogP contribution in [0, 0.1) is 0 Å². The van der Waals surface area contributed by atoms with Crippen LogP contribution in [0.2, 0.25) is 0 Å². The van der Waals surface area contributed by atoms with Crippen LogP contribution in [0.25, 0.3) is 23.1 Å². The lowest BCUT2D eigenvalue weighted by molar-refractivity contribution is 0.0706. The van der Waals surface area contributed by atoms with Gasteiger partial charge < -0.3 is 14.2 Å². The van der Waals surface area contributed by atoms with E-state index in [2.05, 4.69) is 52.5 Å². The Labute approximate surface area is 207 Å². The number of ether oxygens (including phenoxy) is 1. The summed E-state index contributed by atoms with van der Waals surface area (Å²) in [5.41, 5.74) is 6.58. The van der Waals surface area contributed by atoms with Crippen molar-refractivity contribution in [2.24, 2.45) is 0 Å². The number of benzene rings is 2.